The molecule has 11 nitrogen and oxygen atoms in total. The number of rotatable bonds is 4. The fourth-order valence-corrected chi connectivity index (χ4v) is 5.79. The molecule has 3 heterocycles. The Hall–Kier alpha value is -3.99. The lowest BCUT2D eigenvalue weighted by Gasteiger charge is -2.45. The smallest absolute Gasteiger partial charge is 0.339 e. The van der Waals surface area contributed by atoms with Crippen LogP contribution in [0.2, 0.25) is 0 Å². The molecule has 2 aromatic rings. The van der Waals surface area contributed by atoms with E-state index in [1.165, 1.54) is 0 Å². The average Bonchev–Trinajstić information content (AvgIpc) is 3.38. The number of ether oxygens (including phenoxy) is 3. The molecule has 6 rings (SSSR count). The van der Waals surface area contributed by atoms with E-state index in [-0.39, 0.29) is 18.4 Å². The molecule has 1 saturated heterocycles. The van der Waals surface area contributed by atoms with Gasteiger partial charge in [0.2, 0.25) is 6.79 Å². The van der Waals surface area contributed by atoms with Crippen LogP contribution in [0.15, 0.2) is 42.5 Å². The molecule has 0 N–H and O–H groups in total. The van der Waals surface area contributed by atoms with Crippen LogP contribution in [0.3, 0.4) is 0 Å². The van der Waals surface area contributed by atoms with E-state index in [2.05, 4.69) is 17.1 Å². The fraction of sp³-hybridized carbons (Fsp3) is 0.348. The number of esters is 1. The van der Waals surface area contributed by atoms with Crippen LogP contribution in [0.1, 0.15) is 34.3 Å². The molecule has 0 saturated carbocycles. The average molecular weight is 465 g/mol. The lowest BCUT2D eigenvalue weighted by atomic mass is 9.65. The fourth-order valence-electron chi connectivity index (χ4n) is 5.79. The molecule has 3 aliphatic heterocycles. The summed E-state index contributed by atoms with van der Waals surface area (Å²) in [5.41, 5.74) is 0.153. The Kier molecular flexibility index (Phi) is 4.40. The van der Waals surface area contributed by atoms with Crippen molar-refractivity contribution in [1.29, 1.82) is 0 Å². The molecule has 2 unspecified atom stereocenters. The highest BCUT2D eigenvalue weighted by atomic mass is 16.7. The van der Waals surface area contributed by atoms with Crippen LogP contribution in [0.25, 0.3) is 0 Å². The third-order valence-electron chi connectivity index (χ3n) is 7.17. The van der Waals surface area contributed by atoms with Crippen LogP contribution < -0.4 is 9.47 Å². The molecular formula is C23H19N3O8. The highest BCUT2D eigenvalue weighted by Crippen LogP contribution is 2.54. The maximum Gasteiger partial charge on any atom is 0.339 e. The Morgan fingerprint density at radius 2 is 1.76 bits per heavy atom. The highest BCUT2D eigenvalue weighted by molar-refractivity contribution is 5.91. The van der Waals surface area contributed by atoms with Gasteiger partial charge in [0.15, 0.2) is 11.5 Å². The van der Waals surface area contributed by atoms with Gasteiger partial charge in [0, 0.05) is 31.3 Å². The second-order valence-electron chi connectivity index (χ2n) is 8.87. The maximum atomic E-state index is 13.2. The summed E-state index contributed by atoms with van der Waals surface area (Å²) in [7, 11) is 0. The number of hydrogen-bond donors (Lipinski definition) is 0. The predicted octanol–water partition coefficient (Wildman–Crippen LogP) is 3.24. The first-order valence-corrected chi connectivity index (χ1v) is 10.9. The van der Waals surface area contributed by atoms with Crippen molar-refractivity contribution in [2.45, 2.75) is 36.9 Å². The predicted molar refractivity (Wildman–Crippen MR) is 116 cm³/mol. The lowest BCUT2D eigenvalue weighted by Crippen LogP contribution is -2.50. The van der Waals surface area contributed by atoms with Crippen LogP contribution in [0, 0.1) is 20.2 Å². The minimum atomic E-state index is -0.833. The first kappa shape index (κ1) is 20.6. The van der Waals surface area contributed by atoms with Crippen molar-refractivity contribution < 1.29 is 28.9 Å². The van der Waals surface area contributed by atoms with Gasteiger partial charge in [-0.05, 0) is 36.1 Å². The number of fused-ring (bicyclic) bond motifs is 2. The number of nitro groups is 2. The second-order valence-corrected chi connectivity index (χ2v) is 8.87. The number of nitro benzene ring substituents is 2. The zero-order valence-electron chi connectivity index (χ0n) is 17.8. The molecule has 0 radical (unpaired) electrons. The van der Waals surface area contributed by atoms with Gasteiger partial charge in [0.1, 0.15) is 6.10 Å². The first-order valence-electron chi connectivity index (χ1n) is 10.9. The molecular weight excluding hydrogens is 446 g/mol. The minimum Gasteiger partial charge on any atom is -0.456 e. The molecule has 174 valence electrons. The van der Waals surface area contributed by atoms with Crippen LogP contribution in [-0.2, 0) is 16.7 Å². The van der Waals surface area contributed by atoms with E-state index in [1.807, 2.05) is 12.1 Å². The van der Waals surface area contributed by atoms with Gasteiger partial charge in [-0.3, -0.25) is 25.1 Å². The topological polar surface area (TPSA) is 134 Å². The largest absolute Gasteiger partial charge is 0.456 e. The van der Waals surface area contributed by atoms with Crippen LogP contribution in [-0.4, -0.2) is 46.2 Å². The molecule has 0 aromatic heterocycles. The van der Waals surface area contributed by atoms with Gasteiger partial charge in [0.25, 0.3) is 11.4 Å². The summed E-state index contributed by atoms with van der Waals surface area (Å²) in [6.45, 7) is 1.29. The van der Waals surface area contributed by atoms with Gasteiger partial charge in [-0.15, -0.1) is 0 Å². The third kappa shape index (κ3) is 2.90. The van der Waals surface area contributed by atoms with Crippen LogP contribution in [0.5, 0.6) is 11.5 Å². The number of benzene rings is 2. The van der Waals surface area contributed by atoms with E-state index in [0.717, 1.165) is 42.2 Å². The number of non-ortho nitro benzene ring substituents is 2. The van der Waals surface area contributed by atoms with Gasteiger partial charge < -0.3 is 14.2 Å². The van der Waals surface area contributed by atoms with Gasteiger partial charge in [-0.1, -0.05) is 12.2 Å². The standard InChI is InChI=1S/C23H19N3O8/c27-22(13-5-15(25(28)29)8-16(6-13)26(30)31)34-21-11-24-10-14-7-18-19(33-12-32-18)9-17(14)23(21)4-2-1-3-20(23)24/h2,4-9,20-21H,1,3,10-12H2/t20-,21?,23-/m1/s1. The van der Waals surface area contributed by atoms with E-state index in [0.29, 0.717) is 24.6 Å². The highest BCUT2D eigenvalue weighted by Gasteiger charge is 2.59. The molecule has 1 fully saturated rings. The third-order valence-corrected chi connectivity index (χ3v) is 7.17. The van der Waals surface area contributed by atoms with Crippen molar-refractivity contribution in [3.05, 3.63) is 79.4 Å². The summed E-state index contributed by atoms with van der Waals surface area (Å²) in [5.74, 6) is 0.497. The minimum absolute atomic E-state index is 0.114. The summed E-state index contributed by atoms with van der Waals surface area (Å²) in [4.78, 5) is 36.4. The summed E-state index contributed by atoms with van der Waals surface area (Å²) in [6.07, 6.45) is 5.39. The summed E-state index contributed by atoms with van der Waals surface area (Å²) < 4.78 is 17.1. The van der Waals surface area contributed by atoms with Crippen LogP contribution in [0.4, 0.5) is 11.4 Å². The molecule has 0 amide bonds. The van der Waals surface area contributed by atoms with E-state index < -0.39 is 38.7 Å². The van der Waals surface area contributed by atoms with Crippen molar-refractivity contribution >= 4 is 17.3 Å². The van der Waals surface area contributed by atoms with Crippen molar-refractivity contribution in [2.75, 3.05) is 13.3 Å². The Morgan fingerprint density at radius 3 is 2.47 bits per heavy atom. The molecule has 0 spiro atoms. The molecule has 2 aromatic carbocycles. The quantitative estimate of drug-likeness (QED) is 0.289. The Morgan fingerprint density at radius 1 is 1.06 bits per heavy atom. The van der Waals surface area contributed by atoms with Gasteiger partial charge in [0.05, 0.1) is 26.9 Å². The first-order chi connectivity index (χ1) is 16.4. The molecule has 4 aliphatic rings. The number of hydrogen-bond acceptors (Lipinski definition) is 9. The second kappa shape index (κ2) is 7.26. The Labute approximate surface area is 192 Å². The number of allylic oxidation sites excluding steroid dienone is 1. The summed E-state index contributed by atoms with van der Waals surface area (Å²) in [5, 5.41) is 22.5. The van der Waals surface area contributed by atoms with Gasteiger partial charge >= 0.3 is 5.97 Å². The molecule has 34 heavy (non-hydrogen) atoms. The zero-order chi connectivity index (χ0) is 23.6. The molecule has 2 bridgehead atoms. The van der Waals surface area contributed by atoms with Crippen LogP contribution >= 0.6 is 0 Å². The zero-order valence-corrected chi connectivity index (χ0v) is 17.8. The Balaban J connectivity index is 1.40. The van der Waals surface area contributed by atoms with E-state index >= 15 is 0 Å². The van der Waals surface area contributed by atoms with E-state index in [9.17, 15) is 25.0 Å². The number of nitrogens with zero attached hydrogens (tertiary/aromatic N) is 3. The van der Waals surface area contributed by atoms with E-state index in [1.54, 1.807) is 0 Å². The van der Waals surface area contributed by atoms with Gasteiger partial charge in [-0.25, -0.2) is 4.79 Å². The monoisotopic (exact) mass is 465 g/mol. The Bertz CT molecular complexity index is 1260. The van der Waals surface area contributed by atoms with Crippen molar-refractivity contribution in [3.8, 4) is 11.5 Å². The SMILES string of the molecule is O=C(OC1CN2Cc3cc4c(cc3[C@@]13C=CCC[C@@H]23)OCO4)c1cc([N+](=O)[O-])cc([N+](=O)[O-])c1. The normalized spacial score (nSPS) is 27.6. The van der Waals surface area contributed by atoms with Crippen molar-refractivity contribution in [3.63, 3.8) is 0 Å². The van der Waals surface area contributed by atoms with Crippen molar-refractivity contribution in [1.82, 2.24) is 4.90 Å². The van der Waals surface area contributed by atoms with Crippen molar-refractivity contribution in [2.24, 2.45) is 0 Å². The number of carbonyl (C=O) groups is 1. The summed E-state index contributed by atoms with van der Waals surface area (Å²) >= 11 is 0. The molecule has 1 aliphatic carbocycles. The molecule has 11 heteroatoms. The summed E-state index contributed by atoms with van der Waals surface area (Å²) in [6, 6.07) is 6.88. The lowest BCUT2D eigenvalue weighted by molar-refractivity contribution is -0.394. The van der Waals surface area contributed by atoms with Gasteiger partial charge in [-0.2, -0.15) is 0 Å². The number of carbonyl (C=O) groups excluding carboxylic acids is 1. The maximum absolute atomic E-state index is 13.2. The van der Waals surface area contributed by atoms with E-state index in [4.69, 9.17) is 14.2 Å². The molecule has 4 atom stereocenters.